The lowest BCUT2D eigenvalue weighted by atomic mass is 10.2. The Morgan fingerprint density at radius 2 is 2.18 bits per heavy atom. The van der Waals surface area contributed by atoms with Crippen molar-refractivity contribution in [2.45, 2.75) is 30.4 Å². The number of benzene rings is 1. The number of thiazole rings is 1. The minimum atomic E-state index is -0.310. The molecule has 4 rings (SSSR count). The van der Waals surface area contributed by atoms with Crippen molar-refractivity contribution in [2.75, 3.05) is 11.1 Å². The Kier molecular flexibility index (Phi) is 5.15. The van der Waals surface area contributed by atoms with E-state index in [1.807, 2.05) is 6.92 Å². The Hall–Kier alpha value is -2.70. The van der Waals surface area contributed by atoms with Crippen molar-refractivity contribution >= 4 is 34.1 Å². The number of nitriles is 1. The molecule has 28 heavy (non-hydrogen) atoms. The smallest absolute Gasteiger partial charge is 0.278 e. The Morgan fingerprint density at radius 3 is 2.93 bits per heavy atom. The van der Waals surface area contributed by atoms with Crippen LogP contribution in [0.4, 0.5) is 9.52 Å². The summed E-state index contributed by atoms with van der Waals surface area (Å²) in [4.78, 5) is 17.2. The lowest BCUT2D eigenvalue weighted by Crippen LogP contribution is -2.14. The van der Waals surface area contributed by atoms with Gasteiger partial charge < -0.3 is 0 Å². The number of halogens is 1. The van der Waals surface area contributed by atoms with Crippen molar-refractivity contribution < 1.29 is 9.18 Å². The molecule has 2 aromatic heterocycles. The summed E-state index contributed by atoms with van der Waals surface area (Å²) in [6.45, 7) is 1.85. The summed E-state index contributed by atoms with van der Waals surface area (Å²) in [6, 6.07) is 8.18. The minimum absolute atomic E-state index is 0.301. The fourth-order valence-electron chi connectivity index (χ4n) is 3.24. The molecular formula is C19H16FN5OS2. The molecule has 0 fully saturated rings. The van der Waals surface area contributed by atoms with Gasteiger partial charge >= 0.3 is 0 Å². The summed E-state index contributed by atoms with van der Waals surface area (Å²) in [5, 5.41) is 16.6. The number of thioether (sulfide) groups is 1. The van der Waals surface area contributed by atoms with Crippen LogP contribution in [-0.4, -0.2) is 26.4 Å². The summed E-state index contributed by atoms with van der Waals surface area (Å²) >= 11 is 2.76. The van der Waals surface area contributed by atoms with Gasteiger partial charge in [-0.15, -0.1) is 0 Å². The number of carbonyl (C=O) groups excluding carboxylic acids is 1. The van der Waals surface area contributed by atoms with Crippen LogP contribution in [0.2, 0.25) is 0 Å². The van der Waals surface area contributed by atoms with E-state index in [4.69, 9.17) is 5.26 Å². The van der Waals surface area contributed by atoms with Crippen LogP contribution in [0.15, 0.2) is 28.5 Å². The largest absolute Gasteiger partial charge is 0.296 e. The van der Waals surface area contributed by atoms with Crippen LogP contribution in [0.25, 0.3) is 5.69 Å². The molecule has 0 aliphatic heterocycles. The first-order valence-corrected chi connectivity index (χ1v) is 10.5. The van der Waals surface area contributed by atoms with E-state index in [0.717, 1.165) is 46.1 Å². The highest BCUT2D eigenvalue weighted by atomic mass is 32.2. The number of hydrogen-bond acceptors (Lipinski definition) is 6. The monoisotopic (exact) mass is 413 g/mol. The van der Waals surface area contributed by atoms with Gasteiger partial charge in [-0.1, -0.05) is 23.1 Å². The molecule has 1 N–H and O–H groups in total. The molecule has 1 amide bonds. The second-order valence-corrected chi connectivity index (χ2v) is 8.55. The van der Waals surface area contributed by atoms with Crippen molar-refractivity contribution in [3.05, 3.63) is 52.7 Å². The van der Waals surface area contributed by atoms with Crippen LogP contribution >= 0.6 is 23.1 Å². The number of amides is 1. The van der Waals surface area contributed by atoms with E-state index in [1.165, 1.54) is 35.2 Å². The van der Waals surface area contributed by atoms with E-state index in [9.17, 15) is 9.18 Å². The number of rotatable bonds is 5. The number of anilines is 1. The molecule has 1 aliphatic carbocycles. The fraction of sp³-hybridized carbons (Fsp3) is 0.263. The maximum Gasteiger partial charge on any atom is 0.278 e. The lowest BCUT2D eigenvalue weighted by Gasteiger charge is -2.05. The average Bonchev–Trinajstić information content (AvgIpc) is 3.36. The number of aromatic nitrogens is 3. The van der Waals surface area contributed by atoms with Gasteiger partial charge in [0.15, 0.2) is 10.8 Å². The number of aryl methyl sites for hydroxylation is 1. The van der Waals surface area contributed by atoms with Gasteiger partial charge in [-0.2, -0.15) is 10.4 Å². The van der Waals surface area contributed by atoms with E-state index in [1.54, 1.807) is 16.8 Å². The number of nitrogens with one attached hydrogen (secondary N) is 1. The summed E-state index contributed by atoms with van der Waals surface area (Å²) in [6.07, 6.45) is 2.58. The lowest BCUT2D eigenvalue weighted by molar-refractivity contribution is 0.102. The number of fused-ring (bicyclic) bond motifs is 1. The average molecular weight is 414 g/mol. The maximum atomic E-state index is 13.2. The van der Waals surface area contributed by atoms with E-state index in [2.05, 4.69) is 21.5 Å². The van der Waals surface area contributed by atoms with Gasteiger partial charge in [0.05, 0.1) is 27.4 Å². The Bertz CT molecular complexity index is 1080. The van der Waals surface area contributed by atoms with Crippen LogP contribution < -0.4 is 5.32 Å². The van der Waals surface area contributed by atoms with Gasteiger partial charge in [-0.05, 0) is 50.5 Å². The van der Waals surface area contributed by atoms with E-state index >= 15 is 0 Å². The zero-order valence-electron chi connectivity index (χ0n) is 15.0. The Labute approximate surface area is 169 Å². The van der Waals surface area contributed by atoms with E-state index < -0.39 is 0 Å². The van der Waals surface area contributed by atoms with Gasteiger partial charge in [-0.25, -0.2) is 14.1 Å². The topological polar surface area (TPSA) is 83.6 Å². The number of hydrogen-bond donors (Lipinski definition) is 1. The quantitative estimate of drug-likeness (QED) is 0.636. The zero-order chi connectivity index (χ0) is 19.7. The molecule has 0 saturated heterocycles. The van der Waals surface area contributed by atoms with Gasteiger partial charge in [0.25, 0.3) is 5.91 Å². The molecule has 1 aliphatic rings. The predicted molar refractivity (Wildman–Crippen MR) is 107 cm³/mol. The standard InChI is InChI=1S/C19H16FN5OS2/c1-11-18(27-10-9-21)28-19(22-11)23-17(26)16-14-3-2-4-15(14)25(24-16)13-7-5-12(20)6-8-13/h5-8H,2-4,10H2,1H3,(H,22,23,26). The predicted octanol–water partition coefficient (Wildman–Crippen LogP) is 4.13. The molecule has 6 nitrogen and oxygen atoms in total. The highest BCUT2D eigenvalue weighted by Gasteiger charge is 2.27. The Balaban J connectivity index is 1.61. The zero-order valence-corrected chi connectivity index (χ0v) is 16.7. The molecular weight excluding hydrogens is 397 g/mol. The Morgan fingerprint density at radius 1 is 1.39 bits per heavy atom. The van der Waals surface area contributed by atoms with E-state index in [0.29, 0.717) is 16.6 Å². The third-order valence-corrected chi connectivity index (χ3v) is 6.76. The number of nitrogens with zero attached hydrogens (tertiary/aromatic N) is 4. The van der Waals surface area contributed by atoms with Crippen molar-refractivity contribution in [3.8, 4) is 11.8 Å². The van der Waals surface area contributed by atoms with Gasteiger partial charge in [0.1, 0.15) is 5.82 Å². The molecule has 0 saturated carbocycles. The van der Waals surface area contributed by atoms with Crippen LogP contribution in [0, 0.1) is 24.1 Å². The molecule has 142 valence electrons. The minimum Gasteiger partial charge on any atom is -0.296 e. The van der Waals surface area contributed by atoms with Crippen LogP contribution in [-0.2, 0) is 12.8 Å². The summed E-state index contributed by atoms with van der Waals surface area (Å²) in [5.41, 5.74) is 3.85. The first kappa shape index (κ1) is 18.7. The molecule has 0 unspecified atom stereocenters. The molecule has 0 radical (unpaired) electrons. The maximum absolute atomic E-state index is 13.2. The highest BCUT2D eigenvalue weighted by molar-refractivity contribution is 8.01. The molecule has 0 bridgehead atoms. The number of carbonyl (C=O) groups is 1. The third-order valence-electron chi connectivity index (χ3n) is 4.46. The van der Waals surface area contributed by atoms with Crippen LogP contribution in [0.5, 0.6) is 0 Å². The second kappa shape index (κ2) is 7.73. The summed E-state index contributed by atoms with van der Waals surface area (Å²) in [5.74, 6) is -0.272. The van der Waals surface area contributed by atoms with Gasteiger partial charge in [0.2, 0.25) is 0 Å². The molecule has 1 aromatic carbocycles. The molecule has 3 aromatic rings. The van der Waals surface area contributed by atoms with Crippen molar-refractivity contribution in [3.63, 3.8) is 0 Å². The van der Waals surface area contributed by atoms with Crippen molar-refractivity contribution in [2.24, 2.45) is 0 Å². The van der Waals surface area contributed by atoms with Crippen LogP contribution in [0.3, 0.4) is 0 Å². The second-order valence-electron chi connectivity index (χ2n) is 6.31. The van der Waals surface area contributed by atoms with Crippen molar-refractivity contribution in [1.82, 2.24) is 14.8 Å². The van der Waals surface area contributed by atoms with E-state index in [-0.39, 0.29) is 11.7 Å². The molecule has 2 heterocycles. The highest BCUT2D eigenvalue weighted by Crippen LogP contribution is 2.33. The first-order chi connectivity index (χ1) is 13.6. The first-order valence-electron chi connectivity index (χ1n) is 8.72. The summed E-state index contributed by atoms with van der Waals surface area (Å²) in [7, 11) is 0. The van der Waals surface area contributed by atoms with Crippen molar-refractivity contribution in [1.29, 1.82) is 5.26 Å². The molecule has 0 atom stereocenters. The van der Waals surface area contributed by atoms with Crippen LogP contribution in [0.1, 0.15) is 33.9 Å². The summed E-state index contributed by atoms with van der Waals surface area (Å²) < 4.78 is 15.9. The molecule has 9 heteroatoms. The fourth-order valence-corrected chi connectivity index (χ4v) is 5.03. The van der Waals surface area contributed by atoms with Gasteiger partial charge in [-0.3, -0.25) is 10.1 Å². The SMILES string of the molecule is Cc1nc(NC(=O)c2nn(-c3ccc(F)cc3)c3c2CCC3)sc1SCC#N. The normalized spacial score (nSPS) is 12.6. The third kappa shape index (κ3) is 3.53. The molecule has 0 spiro atoms. The van der Waals surface area contributed by atoms with Gasteiger partial charge in [0, 0.05) is 11.3 Å².